The largest absolute Gasteiger partial charge is 0.342 e. The molecule has 0 radical (unpaired) electrons. The number of amides is 2. The van der Waals surface area contributed by atoms with Crippen LogP contribution in [0.5, 0.6) is 0 Å². The molecule has 0 spiro atoms. The molecule has 0 aromatic heterocycles. The Morgan fingerprint density at radius 3 is 2.35 bits per heavy atom. The second-order valence-electron chi connectivity index (χ2n) is 9.92. The van der Waals surface area contributed by atoms with Gasteiger partial charge in [0.2, 0.25) is 21.8 Å². The number of carbonyl (C=O) groups is 2. The molecule has 2 aromatic rings. The highest BCUT2D eigenvalue weighted by molar-refractivity contribution is 7.92. The molecule has 7 nitrogen and oxygen atoms in total. The Balaban J connectivity index is 1.52. The minimum absolute atomic E-state index is 0.0199. The smallest absolute Gasteiger partial charge is 0.246 e. The molecule has 1 aliphatic heterocycles. The Kier molecular flexibility index (Phi) is 6.98. The first-order chi connectivity index (χ1) is 16.1. The van der Waals surface area contributed by atoms with Crippen molar-refractivity contribution in [1.82, 2.24) is 10.2 Å². The maximum Gasteiger partial charge on any atom is 0.246 e. The van der Waals surface area contributed by atoms with Crippen LogP contribution in [-0.2, 0) is 38.9 Å². The van der Waals surface area contributed by atoms with Crippen LogP contribution in [0.3, 0.4) is 0 Å². The maximum atomic E-state index is 13.7. The number of benzene rings is 2. The normalized spacial score (nSPS) is 21.0. The predicted molar refractivity (Wildman–Crippen MR) is 133 cm³/mol. The third kappa shape index (κ3) is 5.60. The van der Waals surface area contributed by atoms with Gasteiger partial charge in [-0.3, -0.25) is 14.3 Å². The molecule has 1 heterocycles. The fourth-order valence-corrected chi connectivity index (χ4v) is 5.69. The van der Waals surface area contributed by atoms with E-state index in [-0.39, 0.29) is 23.7 Å². The number of hydrogen-bond acceptors (Lipinski definition) is 4. The Morgan fingerprint density at radius 2 is 1.74 bits per heavy atom. The quantitative estimate of drug-likeness (QED) is 0.604. The summed E-state index contributed by atoms with van der Waals surface area (Å²) in [6, 6.07) is 14.4. The van der Waals surface area contributed by atoms with E-state index in [1.165, 1.54) is 11.1 Å². The highest BCUT2D eigenvalue weighted by Crippen LogP contribution is 2.31. The lowest BCUT2D eigenvalue weighted by Gasteiger charge is -2.41. The van der Waals surface area contributed by atoms with Gasteiger partial charge in [0.1, 0.15) is 12.1 Å². The number of hydrogen-bond donors (Lipinski definition) is 2. The summed E-state index contributed by atoms with van der Waals surface area (Å²) in [6.07, 6.45) is 3.82. The first-order valence-electron chi connectivity index (χ1n) is 11.8. The molecule has 4 rings (SSSR count). The molecule has 2 aliphatic rings. The summed E-state index contributed by atoms with van der Waals surface area (Å²) in [6.45, 7) is 4.51. The van der Waals surface area contributed by atoms with Crippen LogP contribution in [0.4, 0.5) is 5.69 Å². The van der Waals surface area contributed by atoms with Crippen LogP contribution in [0.2, 0.25) is 0 Å². The standard InChI is InChI=1S/C26H33N3O4S/c1-17(2)13-23-25(30)27-24(21-15-19-8-4-5-9-20(19)16-21)26(31)29(23)12-11-18-7-6-10-22(14-18)28-34(3,32)33/h4-10,14,17,21,23-24,28H,11-13,15-16H2,1-3H3,(H,27,30)/t23-,24-/m1/s1. The predicted octanol–water partition coefficient (Wildman–Crippen LogP) is 2.76. The first kappa shape index (κ1) is 24.3. The monoisotopic (exact) mass is 483 g/mol. The highest BCUT2D eigenvalue weighted by Gasteiger charge is 2.44. The molecule has 8 heteroatoms. The molecular weight excluding hydrogens is 450 g/mol. The summed E-state index contributed by atoms with van der Waals surface area (Å²) in [4.78, 5) is 28.6. The third-order valence-corrected chi connectivity index (χ3v) is 7.25. The van der Waals surface area contributed by atoms with Gasteiger partial charge in [-0.05, 0) is 66.3 Å². The van der Waals surface area contributed by atoms with E-state index in [9.17, 15) is 18.0 Å². The van der Waals surface area contributed by atoms with Crippen molar-refractivity contribution in [3.63, 3.8) is 0 Å². The Morgan fingerprint density at radius 1 is 1.06 bits per heavy atom. The van der Waals surface area contributed by atoms with E-state index in [0.29, 0.717) is 25.1 Å². The molecule has 182 valence electrons. The van der Waals surface area contributed by atoms with Crippen molar-refractivity contribution in [3.05, 3.63) is 65.2 Å². The van der Waals surface area contributed by atoms with Crippen molar-refractivity contribution in [2.75, 3.05) is 17.5 Å². The Labute approximate surface area is 202 Å². The number of carbonyl (C=O) groups excluding carboxylic acids is 2. The van der Waals surface area contributed by atoms with E-state index < -0.39 is 22.1 Å². The zero-order chi connectivity index (χ0) is 24.5. The molecule has 0 unspecified atom stereocenters. The lowest BCUT2D eigenvalue weighted by atomic mass is 9.90. The van der Waals surface area contributed by atoms with Crippen molar-refractivity contribution in [2.24, 2.45) is 11.8 Å². The van der Waals surface area contributed by atoms with E-state index in [1.54, 1.807) is 23.1 Å². The van der Waals surface area contributed by atoms with Gasteiger partial charge in [-0.15, -0.1) is 0 Å². The number of nitrogens with one attached hydrogen (secondary N) is 2. The molecule has 1 fully saturated rings. The van der Waals surface area contributed by atoms with Crippen LogP contribution in [0.15, 0.2) is 48.5 Å². The topological polar surface area (TPSA) is 95.6 Å². The average molecular weight is 484 g/mol. The summed E-state index contributed by atoms with van der Waals surface area (Å²) in [5.74, 6) is 0.217. The zero-order valence-corrected chi connectivity index (χ0v) is 20.8. The maximum absolute atomic E-state index is 13.7. The number of nitrogens with zero attached hydrogens (tertiary/aromatic N) is 1. The second kappa shape index (κ2) is 9.78. The SMILES string of the molecule is CC(C)C[C@@H]1C(=O)N[C@H](C2Cc3ccccc3C2)C(=O)N1CCc1cccc(NS(C)(=O)=O)c1. The van der Waals surface area contributed by atoms with Gasteiger partial charge >= 0.3 is 0 Å². The lowest BCUT2D eigenvalue weighted by Crippen LogP contribution is -2.65. The van der Waals surface area contributed by atoms with Crippen molar-refractivity contribution >= 4 is 27.5 Å². The lowest BCUT2D eigenvalue weighted by molar-refractivity contribution is -0.151. The van der Waals surface area contributed by atoms with Gasteiger partial charge in [0.05, 0.1) is 6.26 Å². The second-order valence-corrected chi connectivity index (χ2v) is 11.7. The number of piperazine rings is 1. The average Bonchev–Trinajstić information content (AvgIpc) is 3.18. The number of fused-ring (bicyclic) bond motifs is 1. The van der Waals surface area contributed by atoms with E-state index in [1.807, 2.05) is 18.2 Å². The summed E-state index contributed by atoms with van der Waals surface area (Å²) in [5, 5.41) is 3.05. The van der Waals surface area contributed by atoms with Crippen LogP contribution in [-0.4, -0.2) is 50.0 Å². The zero-order valence-electron chi connectivity index (χ0n) is 20.0. The first-order valence-corrected chi connectivity index (χ1v) is 13.7. The Bertz CT molecular complexity index is 1150. The summed E-state index contributed by atoms with van der Waals surface area (Å²) < 4.78 is 25.6. The summed E-state index contributed by atoms with van der Waals surface area (Å²) in [5.41, 5.74) is 3.89. The highest BCUT2D eigenvalue weighted by atomic mass is 32.2. The van der Waals surface area contributed by atoms with Gasteiger partial charge in [0.25, 0.3) is 0 Å². The minimum Gasteiger partial charge on any atom is -0.342 e. The number of rotatable bonds is 8. The molecule has 1 saturated heterocycles. The van der Waals surface area contributed by atoms with E-state index in [4.69, 9.17) is 0 Å². The summed E-state index contributed by atoms with van der Waals surface area (Å²) in [7, 11) is -3.37. The molecule has 2 N–H and O–H groups in total. The molecule has 0 bridgehead atoms. The molecular formula is C26H33N3O4S. The van der Waals surface area contributed by atoms with Crippen LogP contribution in [0, 0.1) is 11.8 Å². The van der Waals surface area contributed by atoms with Gasteiger partial charge in [-0.1, -0.05) is 50.2 Å². The van der Waals surface area contributed by atoms with Crippen molar-refractivity contribution < 1.29 is 18.0 Å². The van der Waals surface area contributed by atoms with Gasteiger partial charge < -0.3 is 10.2 Å². The van der Waals surface area contributed by atoms with Gasteiger partial charge in [-0.25, -0.2) is 8.42 Å². The van der Waals surface area contributed by atoms with Gasteiger partial charge in [0, 0.05) is 12.2 Å². The van der Waals surface area contributed by atoms with E-state index in [0.717, 1.165) is 24.7 Å². The molecule has 0 saturated carbocycles. The fraction of sp³-hybridized carbons (Fsp3) is 0.462. The van der Waals surface area contributed by atoms with E-state index >= 15 is 0 Å². The summed E-state index contributed by atoms with van der Waals surface area (Å²) >= 11 is 0. The molecule has 1 aliphatic carbocycles. The molecule has 2 aromatic carbocycles. The van der Waals surface area contributed by atoms with Crippen molar-refractivity contribution in [2.45, 2.75) is 51.6 Å². The van der Waals surface area contributed by atoms with Gasteiger partial charge in [0.15, 0.2) is 0 Å². The van der Waals surface area contributed by atoms with Crippen LogP contribution in [0.1, 0.15) is 37.0 Å². The number of sulfonamides is 1. The molecule has 34 heavy (non-hydrogen) atoms. The molecule has 2 atom stereocenters. The van der Waals surface area contributed by atoms with Crippen molar-refractivity contribution in [3.8, 4) is 0 Å². The minimum atomic E-state index is -3.37. The van der Waals surface area contributed by atoms with Crippen LogP contribution in [0.25, 0.3) is 0 Å². The van der Waals surface area contributed by atoms with Gasteiger partial charge in [-0.2, -0.15) is 0 Å². The fourth-order valence-electron chi connectivity index (χ4n) is 5.13. The van der Waals surface area contributed by atoms with Crippen LogP contribution < -0.4 is 10.0 Å². The molecule has 2 amide bonds. The van der Waals surface area contributed by atoms with Crippen molar-refractivity contribution in [1.29, 1.82) is 0 Å². The van der Waals surface area contributed by atoms with Crippen LogP contribution >= 0.6 is 0 Å². The van der Waals surface area contributed by atoms with E-state index in [2.05, 4.69) is 36.0 Å². The Hall–Kier alpha value is -2.87. The number of anilines is 1. The third-order valence-electron chi connectivity index (χ3n) is 6.65.